The summed E-state index contributed by atoms with van der Waals surface area (Å²) in [5, 5.41) is 0.739. The Morgan fingerprint density at radius 1 is 1.00 bits per heavy atom. The number of carbonyl (C=O) groups is 1. The zero-order chi connectivity index (χ0) is 21.8. The maximum absolute atomic E-state index is 13.3. The highest BCUT2D eigenvalue weighted by Gasteiger charge is 2.21. The number of thioether (sulfide) groups is 1. The summed E-state index contributed by atoms with van der Waals surface area (Å²) in [5.74, 6) is 0.795. The van der Waals surface area contributed by atoms with Gasteiger partial charge in [-0.25, -0.2) is 4.98 Å². The number of carbonyl (C=O) groups excluding carboxylic acids is 1. The van der Waals surface area contributed by atoms with E-state index in [4.69, 9.17) is 4.98 Å². The lowest BCUT2D eigenvalue weighted by Gasteiger charge is -2.19. The van der Waals surface area contributed by atoms with Gasteiger partial charge in [0.05, 0.1) is 22.5 Å². The number of aromatic nitrogens is 2. The van der Waals surface area contributed by atoms with Crippen molar-refractivity contribution in [1.29, 1.82) is 0 Å². The van der Waals surface area contributed by atoms with Crippen LogP contribution in [0, 0.1) is 20.8 Å². The number of rotatable bonds is 7. The molecule has 0 unspecified atom stereocenters. The number of nitrogens with zero attached hydrogens (tertiary/aromatic N) is 3. The van der Waals surface area contributed by atoms with Crippen LogP contribution >= 0.6 is 23.1 Å². The molecule has 0 saturated heterocycles. The molecule has 0 saturated carbocycles. The van der Waals surface area contributed by atoms with Crippen molar-refractivity contribution in [2.75, 3.05) is 10.7 Å². The zero-order valence-corrected chi connectivity index (χ0v) is 19.6. The Morgan fingerprint density at radius 2 is 1.77 bits per heavy atom. The van der Waals surface area contributed by atoms with Gasteiger partial charge in [0.2, 0.25) is 5.91 Å². The predicted molar refractivity (Wildman–Crippen MR) is 131 cm³/mol. The highest BCUT2D eigenvalue weighted by molar-refractivity contribution is 7.99. The fourth-order valence-electron chi connectivity index (χ4n) is 3.31. The molecule has 0 bridgehead atoms. The fraction of sp³-hybridized carbons (Fsp3) is 0.240. The molecule has 2 heterocycles. The first kappa shape index (κ1) is 21.5. The van der Waals surface area contributed by atoms with Crippen LogP contribution in [0.4, 0.5) is 5.13 Å². The first-order valence-electron chi connectivity index (χ1n) is 10.3. The highest BCUT2D eigenvalue weighted by Crippen LogP contribution is 2.34. The van der Waals surface area contributed by atoms with E-state index in [1.165, 1.54) is 16.0 Å². The van der Waals surface area contributed by atoms with Crippen LogP contribution in [0.5, 0.6) is 0 Å². The van der Waals surface area contributed by atoms with Gasteiger partial charge in [-0.3, -0.25) is 14.7 Å². The number of pyridine rings is 1. The summed E-state index contributed by atoms with van der Waals surface area (Å²) in [5.41, 5.74) is 5.39. The average molecular weight is 448 g/mol. The molecule has 6 heteroatoms. The molecule has 0 N–H and O–H groups in total. The zero-order valence-electron chi connectivity index (χ0n) is 18.0. The van der Waals surface area contributed by atoms with Crippen molar-refractivity contribution in [1.82, 2.24) is 9.97 Å². The Bertz CT molecular complexity index is 1150. The monoisotopic (exact) mass is 447 g/mol. The number of anilines is 1. The summed E-state index contributed by atoms with van der Waals surface area (Å²) in [6.45, 7) is 6.66. The van der Waals surface area contributed by atoms with Crippen molar-refractivity contribution in [2.45, 2.75) is 38.6 Å². The smallest absolute Gasteiger partial charge is 0.229 e. The molecule has 158 valence electrons. The molecule has 0 aliphatic heterocycles. The van der Waals surface area contributed by atoms with Crippen LogP contribution < -0.4 is 4.90 Å². The number of hydrogen-bond donors (Lipinski definition) is 0. The van der Waals surface area contributed by atoms with Gasteiger partial charge in [-0.1, -0.05) is 47.2 Å². The van der Waals surface area contributed by atoms with Gasteiger partial charge in [0.25, 0.3) is 0 Å². The van der Waals surface area contributed by atoms with E-state index in [-0.39, 0.29) is 5.91 Å². The van der Waals surface area contributed by atoms with Crippen LogP contribution in [0.1, 0.15) is 28.8 Å². The van der Waals surface area contributed by atoms with Gasteiger partial charge in [0.1, 0.15) is 0 Å². The third-order valence-corrected chi connectivity index (χ3v) is 7.34. The minimum Gasteiger partial charge on any atom is -0.282 e. The normalized spacial score (nSPS) is 11.1. The van der Waals surface area contributed by atoms with Crippen LogP contribution in [0.25, 0.3) is 10.2 Å². The Kier molecular flexibility index (Phi) is 6.68. The molecule has 0 aliphatic rings. The number of hydrogen-bond acceptors (Lipinski definition) is 5. The molecule has 0 fully saturated rings. The van der Waals surface area contributed by atoms with Gasteiger partial charge in [0.15, 0.2) is 5.13 Å². The second-order valence-electron chi connectivity index (χ2n) is 7.59. The lowest BCUT2D eigenvalue weighted by molar-refractivity contribution is -0.118. The third-order valence-electron chi connectivity index (χ3n) is 5.11. The van der Waals surface area contributed by atoms with E-state index in [0.29, 0.717) is 13.0 Å². The molecule has 2 aromatic carbocycles. The van der Waals surface area contributed by atoms with Gasteiger partial charge in [-0.05, 0) is 56.2 Å². The van der Waals surface area contributed by atoms with Crippen molar-refractivity contribution >= 4 is 44.4 Å². The largest absolute Gasteiger partial charge is 0.282 e. The molecule has 0 spiro atoms. The highest BCUT2D eigenvalue weighted by atomic mass is 32.2. The maximum Gasteiger partial charge on any atom is 0.229 e. The minimum atomic E-state index is 0.0691. The molecule has 0 radical (unpaired) electrons. The van der Waals surface area contributed by atoms with Crippen molar-refractivity contribution < 1.29 is 4.79 Å². The van der Waals surface area contributed by atoms with E-state index in [9.17, 15) is 4.79 Å². The Morgan fingerprint density at radius 3 is 2.48 bits per heavy atom. The van der Waals surface area contributed by atoms with Crippen molar-refractivity contribution in [2.24, 2.45) is 0 Å². The number of benzene rings is 2. The molecule has 0 atom stereocenters. The quantitative estimate of drug-likeness (QED) is 0.311. The molecule has 4 nitrogen and oxygen atoms in total. The Labute approximate surface area is 191 Å². The molecular formula is C25H25N3OS2. The molecule has 31 heavy (non-hydrogen) atoms. The van der Waals surface area contributed by atoms with Crippen molar-refractivity contribution in [3.05, 3.63) is 83.2 Å². The van der Waals surface area contributed by atoms with E-state index in [0.717, 1.165) is 32.4 Å². The summed E-state index contributed by atoms with van der Waals surface area (Å²) in [4.78, 5) is 25.6. The van der Waals surface area contributed by atoms with Gasteiger partial charge >= 0.3 is 0 Å². The van der Waals surface area contributed by atoms with Crippen molar-refractivity contribution in [3.63, 3.8) is 0 Å². The number of aryl methyl sites for hydroxylation is 3. The van der Waals surface area contributed by atoms with E-state index in [2.05, 4.69) is 62.2 Å². The summed E-state index contributed by atoms with van der Waals surface area (Å²) in [7, 11) is 0. The first-order valence-corrected chi connectivity index (χ1v) is 12.1. The lowest BCUT2D eigenvalue weighted by atomic mass is 10.1. The number of amides is 1. The minimum absolute atomic E-state index is 0.0691. The van der Waals surface area contributed by atoms with E-state index < -0.39 is 0 Å². The van der Waals surface area contributed by atoms with E-state index in [1.54, 1.807) is 34.2 Å². The standard InChI is InChI=1S/C25H25N3OS2/c1-17-7-11-21(12-8-17)30-15-13-22(29)28(16-20-6-4-5-14-26-20)25-27-23-18(2)9-10-19(3)24(23)31-25/h4-12,14H,13,15-16H2,1-3H3. The van der Waals surface area contributed by atoms with Crippen molar-refractivity contribution in [3.8, 4) is 0 Å². The molecule has 2 aromatic heterocycles. The van der Waals surface area contributed by atoms with Gasteiger partial charge in [0, 0.05) is 23.3 Å². The first-order chi connectivity index (χ1) is 15.0. The van der Waals surface area contributed by atoms with Gasteiger partial charge in [-0.2, -0.15) is 0 Å². The van der Waals surface area contributed by atoms with Crippen LogP contribution in [0.2, 0.25) is 0 Å². The Hall–Kier alpha value is -2.70. The van der Waals surface area contributed by atoms with E-state index in [1.807, 2.05) is 18.2 Å². The summed E-state index contributed by atoms with van der Waals surface area (Å²) >= 11 is 3.29. The average Bonchev–Trinajstić information content (AvgIpc) is 3.23. The van der Waals surface area contributed by atoms with Crippen LogP contribution in [-0.4, -0.2) is 21.6 Å². The molecule has 4 rings (SSSR count). The Balaban J connectivity index is 1.56. The SMILES string of the molecule is Cc1ccc(SCCC(=O)N(Cc2ccccn2)c2nc3c(C)ccc(C)c3s2)cc1. The van der Waals surface area contributed by atoms with E-state index >= 15 is 0 Å². The second kappa shape index (κ2) is 9.62. The van der Waals surface area contributed by atoms with Crippen LogP contribution in [0.15, 0.2) is 65.7 Å². The molecule has 0 aliphatic carbocycles. The topological polar surface area (TPSA) is 46.1 Å². The predicted octanol–water partition coefficient (Wildman–Crippen LogP) is 6.33. The molecular weight excluding hydrogens is 422 g/mol. The number of fused-ring (bicyclic) bond motifs is 1. The van der Waals surface area contributed by atoms with Crippen LogP contribution in [0.3, 0.4) is 0 Å². The summed E-state index contributed by atoms with van der Waals surface area (Å²) in [6, 6.07) is 18.4. The number of thiazole rings is 1. The third kappa shape index (κ3) is 5.14. The summed E-state index contributed by atoms with van der Waals surface area (Å²) in [6.07, 6.45) is 2.21. The maximum atomic E-state index is 13.3. The lowest BCUT2D eigenvalue weighted by Crippen LogP contribution is -2.30. The van der Waals surface area contributed by atoms with Gasteiger partial charge < -0.3 is 0 Å². The fourth-order valence-corrected chi connectivity index (χ4v) is 5.27. The summed E-state index contributed by atoms with van der Waals surface area (Å²) < 4.78 is 1.14. The molecule has 4 aromatic rings. The molecule has 1 amide bonds. The second-order valence-corrected chi connectivity index (χ2v) is 9.73. The van der Waals surface area contributed by atoms with Gasteiger partial charge in [-0.15, -0.1) is 11.8 Å². The van der Waals surface area contributed by atoms with Crippen LogP contribution in [-0.2, 0) is 11.3 Å².